The highest BCUT2D eigenvalue weighted by atomic mass is 16.2. The fourth-order valence-electron chi connectivity index (χ4n) is 4.38. The van der Waals surface area contributed by atoms with Gasteiger partial charge in [0.25, 0.3) is 5.91 Å². The molecule has 0 aromatic heterocycles. The summed E-state index contributed by atoms with van der Waals surface area (Å²) in [5.41, 5.74) is 2.03. The van der Waals surface area contributed by atoms with Gasteiger partial charge in [-0.05, 0) is 49.2 Å². The van der Waals surface area contributed by atoms with E-state index in [-0.39, 0.29) is 30.2 Å². The topological polar surface area (TPSA) is 78.5 Å². The van der Waals surface area contributed by atoms with Crippen molar-refractivity contribution in [3.05, 3.63) is 60.2 Å². The van der Waals surface area contributed by atoms with Crippen molar-refractivity contribution in [2.45, 2.75) is 51.0 Å². The van der Waals surface area contributed by atoms with Crippen molar-refractivity contribution in [3.63, 3.8) is 0 Å². The number of hydrogen-bond donors (Lipinski definition) is 2. The van der Waals surface area contributed by atoms with E-state index in [2.05, 4.69) is 10.6 Å². The van der Waals surface area contributed by atoms with E-state index >= 15 is 0 Å². The van der Waals surface area contributed by atoms with Crippen LogP contribution in [-0.2, 0) is 9.59 Å². The highest BCUT2D eigenvalue weighted by Gasteiger charge is 2.35. The Morgan fingerprint density at radius 2 is 1.55 bits per heavy atom. The summed E-state index contributed by atoms with van der Waals surface area (Å²) in [7, 11) is 0. The molecule has 1 saturated carbocycles. The highest BCUT2D eigenvalue weighted by molar-refractivity contribution is 6.03. The fourth-order valence-corrected chi connectivity index (χ4v) is 4.38. The number of hydrogen-bond acceptors (Lipinski definition) is 3. The summed E-state index contributed by atoms with van der Waals surface area (Å²) in [6.45, 7) is 0.372. The highest BCUT2D eigenvalue weighted by Crippen LogP contribution is 2.26. The van der Waals surface area contributed by atoms with E-state index < -0.39 is 5.92 Å². The van der Waals surface area contributed by atoms with Gasteiger partial charge in [-0.3, -0.25) is 14.4 Å². The molecule has 3 amide bonds. The van der Waals surface area contributed by atoms with Gasteiger partial charge in [-0.25, -0.2) is 0 Å². The van der Waals surface area contributed by atoms with E-state index in [1.54, 1.807) is 29.2 Å². The SMILES string of the molecule is O=C(NC1CCCCCC1)c1ccc(NC(=O)C2CC(=O)N(c3ccccc3)C2)cc1. The number of anilines is 2. The summed E-state index contributed by atoms with van der Waals surface area (Å²) < 4.78 is 0. The summed E-state index contributed by atoms with van der Waals surface area (Å²) in [5, 5.41) is 6.02. The van der Waals surface area contributed by atoms with Crippen LogP contribution in [0.2, 0.25) is 0 Å². The second-order valence-electron chi connectivity index (χ2n) is 8.47. The first-order valence-electron chi connectivity index (χ1n) is 11.2. The molecule has 6 heteroatoms. The molecule has 162 valence electrons. The van der Waals surface area contributed by atoms with Crippen molar-refractivity contribution in [1.82, 2.24) is 5.32 Å². The molecule has 1 heterocycles. The van der Waals surface area contributed by atoms with E-state index in [9.17, 15) is 14.4 Å². The molecule has 0 bridgehead atoms. The second-order valence-corrected chi connectivity index (χ2v) is 8.47. The van der Waals surface area contributed by atoms with Crippen LogP contribution in [0.3, 0.4) is 0 Å². The predicted molar refractivity (Wildman–Crippen MR) is 121 cm³/mol. The fraction of sp³-hybridized carbons (Fsp3) is 0.400. The molecule has 1 unspecified atom stereocenters. The molecule has 2 aromatic rings. The standard InChI is InChI=1S/C25H29N3O3/c29-23-16-19(17-28(23)22-10-6-3-7-11-22)25(31)27-21-14-12-18(13-15-21)24(30)26-20-8-4-1-2-5-9-20/h3,6-7,10-15,19-20H,1-2,4-5,8-9,16-17H2,(H,26,30)(H,27,31). The van der Waals surface area contributed by atoms with Crippen LogP contribution in [0, 0.1) is 5.92 Å². The quantitative estimate of drug-likeness (QED) is 0.715. The molecule has 1 saturated heterocycles. The molecule has 1 aliphatic carbocycles. The monoisotopic (exact) mass is 419 g/mol. The van der Waals surface area contributed by atoms with Crippen molar-refractivity contribution in [2.75, 3.05) is 16.8 Å². The van der Waals surface area contributed by atoms with Crippen LogP contribution in [-0.4, -0.2) is 30.3 Å². The molecule has 0 spiro atoms. The van der Waals surface area contributed by atoms with Gasteiger partial charge < -0.3 is 15.5 Å². The molecule has 2 aliphatic rings. The molecule has 6 nitrogen and oxygen atoms in total. The van der Waals surface area contributed by atoms with Gasteiger partial charge in [-0.15, -0.1) is 0 Å². The van der Waals surface area contributed by atoms with E-state index in [4.69, 9.17) is 0 Å². The third-order valence-corrected chi connectivity index (χ3v) is 6.17. The van der Waals surface area contributed by atoms with Gasteiger partial charge in [0.15, 0.2) is 0 Å². The van der Waals surface area contributed by atoms with Gasteiger partial charge in [0, 0.05) is 35.9 Å². The van der Waals surface area contributed by atoms with Crippen LogP contribution >= 0.6 is 0 Å². The molecule has 1 aliphatic heterocycles. The van der Waals surface area contributed by atoms with Crippen LogP contribution < -0.4 is 15.5 Å². The number of nitrogens with zero attached hydrogens (tertiary/aromatic N) is 1. The average molecular weight is 420 g/mol. The maximum absolute atomic E-state index is 12.7. The number of para-hydroxylation sites is 1. The van der Waals surface area contributed by atoms with Gasteiger partial charge in [0.2, 0.25) is 11.8 Å². The Morgan fingerprint density at radius 1 is 0.871 bits per heavy atom. The van der Waals surface area contributed by atoms with E-state index in [0.29, 0.717) is 17.8 Å². The number of nitrogens with one attached hydrogen (secondary N) is 2. The van der Waals surface area contributed by atoms with Crippen molar-refractivity contribution in [3.8, 4) is 0 Å². The van der Waals surface area contributed by atoms with Crippen LogP contribution in [0.4, 0.5) is 11.4 Å². The van der Waals surface area contributed by atoms with Gasteiger partial charge in [-0.2, -0.15) is 0 Å². The molecule has 0 radical (unpaired) electrons. The third kappa shape index (κ3) is 5.32. The third-order valence-electron chi connectivity index (χ3n) is 6.17. The zero-order valence-corrected chi connectivity index (χ0v) is 17.7. The Bertz CT molecular complexity index is 919. The van der Waals surface area contributed by atoms with Gasteiger partial charge >= 0.3 is 0 Å². The van der Waals surface area contributed by atoms with Crippen LogP contribution in [0.25, 0.3) is 0 Å². The van der Waals surface area contributed by atoms with E-state index in [0.717, 1.165) is 18.5 Å². The Morgan fingerprint density at radius 3 is 2.23 bits per heavy atom. The lowest BCUT2D eigenvalue weighted by molar-refractivity contribution is -0.122. The summed E-state index contributed by atoms with van der Waals surface area (Å²) in [6, 6.07) is 16.6. The number of rotatable bonds is 5. The summed E-state index contributed by atoms with van der Waals surface area (Å²) >= 11 is 0. The number of benzene rings is 2. The van der Waals surface area contributed by atoms with Crippen LogP contribution in [0.5, 0.6) is 0 Å². The molecular weight excluding hydrogens is 390 g/mol. The molecule has 2 fully saturated rings. The molecule has 31 heavy (non-hydrogen) atoms. The largest absolute Gasteiger partial charge is 0.349 e. The van der Waals surface area contributed by atoms with Gasteiger partial charge in [-0.1, -0.05) is 43.9 Å². The number of amides is 3. The van der Waals surface area contributed by atoms with Crippen LogP contribution in [0.1, 0.15) is 55.3 Å². The lowest BCUT2D eigenvalue weighted by atomic mass is 10.1. The molecule has 1 atom stereocenters. The Balaban J connectivity index is 1.32. The molecule has 2 aromatic carbocycles. The summed E-state index contributed by atoms with van der Waals surface area (Å²) in [6.07, 6.45) is 7.11. The van der Waals surface area contributed by atoms with Crippen LogP contribution in [0.15, 0.2) is 54.6 Å². The minimum atomic E-state index is -0.397. The number of carbonyl (C=O) groups excluding carboxylic acids is 3. The van der Waals surface area contributed by atoms with E-state index in [1.165, 1.54) is 25.7 Å². The first-order chi connectivity index (χ1) is 15.1. The van der Waals surface area contributed by atoms with Crippen molar-refractivity contribution < 1.29 is 14.4 Å². The zero-order chi connectivity index (χ0) is 21.6. The minimum Gasteiger partial charge on any atom is -0.349 e. The maximum Gasteiger partial charge on any atom is 0.251 e. The molecular formula is C25H29N3O3. The summed E-state index contributed by atoms with van der Waals surface area (Å²) in [4.78, 5) is 39.2. The lowest BCUT2D eigenvalue weighted by Gasteiger charge is -2.17. The second kappa shape index (κ2) is 9.77. The van der Waals surface area contributed by atoms with E-state index in [1.807, 2.05) is 30.3 Å². The average Bonchev–Trinajstić information content (AvgIpc) is 3.00. The first-order valence-corrected chi connectivity index (χ1v) is 11.2. The smallest absolute Gasteiger partial charge is 0.251 e. The zero-order valence-electron chi connectivity index (χ0n) is 17.7. The van der Waals surface area contributed by atoms with Crippen molar-refractivity contribution in [1.29, 1.82) is 0 Å². The van der Waals surface area contributed by atoms with Gasteiger partial charge in [0.1, 0.15) is 0 Å². The lowest BCUT2D eigenvalue weighted by Crippen LogP contribution is -2.34. The Hall–Kier alpha value is -3.15. The maximum atomic E-state index is 12.7. The molecule has 2 N–H and O–H groups in total. The van der Waals surface area contributed by atoms with Crippen molar-refractivity contribution >= 4 is 29.1 Å². The Labute approximate surface area is 183 Å². The number of carbonyl (C=O) groups is 3. The minimum absolute atomic E-state index is 0.0446. The normalized spacial score (nSPS) is 19.7. The Kier molecular flexibility index (Phi) is 6.65. The summed E-state index contributed by atoms with van der Waals surface area (Å²) in [5.74, 6) is -0.685. The molecule has 4 rings (SSSR count). The van der Waals surface area contributed by atoms with Crippen molar-refractivity contribution in [2.24, 2.45) is 5.92 Å². The van der Waals surface area contributed by atoms with Gasteiger partial charge in [0.05, 0.1) is 5.92 Å². The predicted octanol–water partition coefficient (Wildman–Crippen LogP) is 4.13. The first kappa shape index (κ1) is 21.1.